The van der Waals surface area contributed by atoms with Gasteiger partial charge in [-0.05, 0) is 54.7 Å². The zero-order valence-corrected chi connectivity index (χ0v) is 18.0. The standard InChI is InChI=1S/C23H27ClN2O3/c1-14(2)18-8-6-15(3)12-21(18)29-11-5-10-26-20-9-7-17(24)13-19(20)22(23(26)28)25-16(4)27/h6-9,12-14,22H,5,10-11H2,1-4H3,(H,25,27). The van der Waals surface area contributed by atoms with E-state index in [1.54, 1.807) is 17.0 Å². The fraction of sp³-hybridized carbons (Fsp3) is 0.391. The van der Waals surface area contributed by atoms with Crippen molar-refractivity contribution in [1.82, 2.24) is 5.32 Å². The quantitative estimate of drug-likeness (QED) is 0.664. The zero-order valence-electron chi connectivity index (χ0n) is 17.3. The lowest BCUT2D eigenvalue weighted by Gasteiger charge is -2.19. The van der Waals surface area contributed by atoms with Crippen molar-refractivity contribution in [3.8, 4) is 5.75 Å². The highest BCUT2D eigenvalue weighted by molar-refractivity contribution is 6.31. The Morgan fingerprint density at radius 2 is 2.00 bits per heavy atom. The van der Waals surface area contributed by atoms with Crippen molar-refractivity contribution in [3.05, 3.63) is 58.1 Å². The van der Waals surface area contributed by atoms with Gasteiger partial charge in [0.1, 0.15) is 11.8 Å². The lowest BCUT2D eigenvalue weighted by molar-refractivity contribution is -0.126. The predicted octanol–water partition coefficient (Wildman–Crippen LogP) is 4.76. The Labute approximate surface area is 177 Å². The molecule has 0 bridgehead atoms. The number of rotatable bonds is 7. The van der Waals surface area contributed by atoms with Crippen molar-refractivity contribution < 1.29 is 14.3 Å². The van der Waals surface area contributed by atoms with E-state index in [0.717, 1.165) is 22.6 Å². The maximum Gasteiger partial charge on any atom is 0.254 e. The zero-order chi connectivity index (χ0) is 21.1. The first kappa shape index (κ1) is 21.2. The first-order chi connectivity index (χ1) is 13.8. The number of carbonyl (C=O) groups is 2. The number of hydrogen-bond acceptors (Lipinski definition) is 3. The van der Waals surface area contributed by atoms with Gasteiger partial charge in [0.05, 0.1) is 6.61 Å². The summed E-state index contributed by atoms with van der Waals surface area (Å²) in [5.41, 5.74) is 3.86. The van der Waals surface area contributed by atoms with Crippen molar-refractivity contribution in [2.45, 2.75) is 46.1 Å². The summed E-state index contributed by atoms with van der Waals surface area (Å²) in [5, 5.41) is 3.27. The number of benzene rings is 2. The van der Waals surface area contributed by atoms with Crippen LogP contribution in [-0.4, -0.2) is 25.0 Å². The van der Waals surface area contributed by atoms with Gasteiger partial charge in [0.15, 0.2) is 0 Å². The summed E-state index contributed by atoms with van der Waals surface area (Å²) in [4.78, 5) is 26.1. The normalized spacial score (nSPS) is 15.6. The molecular weight excluding hydrogens is 388 g/mol. The first-order valence-corrected chi connectivity index (χ1v) is 10.3. The molecule has 0 aliphatic carbocycles. The van der Waals surface area contributed by atoms with E-state index in [4.69, 9.17) is 16.3 Å². The predicted molar refractivity (Wildman–Crippen MR) is 116 cm³/mol. The fourth-order valence-corrected chi connectivity index (χ4v) is 3.81. The van der Waals surface area contributed by atoms with Crippen LogP contribution in [0.15, 0.2) is 36.4 Å². The van der Waals surface area contributed by atoms with E-state index >= 15 is 0 Å². The number of hydrogen-bond donors (Lipinski definition) is 1. The summed E-state index contributed by atoms with van der Waals surface area (Å²) in [7, 11) is 0. The Morgan fingerprint density at radius 3 is 2.69 bits per heavy atom. The number of nitrogens with one attached hydrogen (secondary N) is 1. The number of anilines is 1. The fourth-order valence-electron chi connectivity index (χ4n) is 3.63. The Balaban J connectivity index is 1.68. The molecule has 1 heterocycles. The molecule has 3 rings (SSSR count). The molecular formula is C23H27ClN2O3. The molecule has 0 saturated heterocycles. The van der Waals surface area contributed by atoms with Crippen molar-refractivity contribution in [3.63, 3.8) is 0 Å². The number of aryl methyl sites for hydroxylation is 1. The van der Waals surface area contributed by atoms with E-state index in [9.17, 15) is 9.59 Å². The minimum absolute atomic E-state index is 0.143. The molecule has 154 valence electrons. The monoisotopic (exact) mass is 414 g/mol. The van der Waals surface area contributed by atoms with Gasteiger partial charge in [-0.1, -0.05) is 37.6 Å². The largest absolute Gasteiger partial charge is 0.493 e. The molecule has 1 aliphatic rings. The molecule has 2 amide bonds. The molecule has 2 aromatic carbocycles. The maximum absolute atomic E-state index is 12.9. The van der Waals surface area contributed by atoms with Gasteiger partial charge in [0.25, 0.3) is 5.91 Å². The van der Waals surface area contributed by atoms with E-state index in [0.29, 0.717) is 30.5 Å². The highest BCUT2D eigenvalue weighted by Gasteiger charge is 2.37. The second-order valence-electron chi connectivity index (χ2n) is 7.72. The Kier molecular flexibility index (Phi) is 6.48. The van der Waals surface area contributed by atoms with Gasteiger partial charge in [-0.3, -0.25) is 9.59 Å². The SMILES string of the molecule is CC(=O)NC1C(=O)N(CCCOc2cc(C)ccc2C(C)C)c2ccc(Cl)cc21. The molecule has 5 nitrogen and oxygen atoms in total. The van der Waals surface area contributed by atoms with Crippen LogP contribution in [0.3, 0.4) is 0 Å². The number of amides is 2. The summed E-state index contributed by atoms with van der Waals surface area (Å²) in [6.07, 6.45) is 0.673. The third-order valence-corrected chi connectivity index (χ3v) is 5.26. The Hall–Kier alpha value is -2.53. The lowest BCUT2D eigenvalue weighted by atomic mass is 10.0. The van der Waals surface area contributed by atoms with Crippen molar-refractivity contribution in [1.29, 1.82) is 0 Å². The van der Waals surface area contributed by atoms with Crippen molar-refractivity contribution in [2.75, 3.05) is 18.1 Å². The second kappa shape index (κ2) is 8.87. The third-order valence-electron chi connectivity index (χ3n) is 5.03. The van der Waals surface area contributed by atoms with Gasteiger partial charge in [-0.25, -0.2) is 0 Å². The molecule has 0 spiro atoms. The van der Waals surface area contributed by atoms with E-state index in [1.165, 1.54) is 12.5 Å². The van der Waals surface area contributed by atoms with Gasteiger partial charge >= 0.3 is 0 Å². The van der Waals surface area contributed by atoms with Gasteiger partial charge in [0.2, 0.25) is 5.91 Å². The molecule has 0 saturated carbocycles. The van der Waals surface area contributed by atoms with E-state index < -0.39 is 6.04 Å². The lowest BCUT2D eigenvalue weighted by Crippen LogP contribution is -2.37. The molecule has 1 atom stereocenters. The van der Waals surface area contributed by atoms with E-state index in [1.807, 2.05) is 13.0 Å². The first-order valence-electron chi connectivity index (χ1n) is 9.89. The molecule has 0 radical (unpaired) electrons. The van der Waals surface area contributed by atoms with Crippen LogP contribution in [-0.2, 0) is 9.59 Å². The molecule has 2 aromatic rings. The van der Waals surface area contributed by atoms with Gasteiger partial charge < -0.3 is 15.0 Å². The molecule has 0 fully saturated rings. The molecule has 29 heavy (non-hydrogen) atoms. The van der Waals surface area contributed by atoms with Gasteiger partial charge in [-0.15, -0.1) is 0 Å². The topological polar surface area (TPSA) is 58.6 Å². The van der Waals surface area contributed by atoms with Crippen LogP contribution in [0.5, 0.6) is 5.75 Å². The molecule has 1 N–H and O–H groups in total. The summed E-state index contributed by atoms with van der Waals surface area (Å²) < 4.78 is 6.04. The highest BCUT2D eigenvalue weighted by Crippen LogP contribution is 2.37. The minimum atomic E-state index is -0.688. The number of carbonyl (C=O) groups excluding carboxylic acids is 2. The minimum Gasteiger partial charge on any atom is -0.493 e. The van der Waals surface area contributed by atoms with E-state index in [-0.39, 0.29) is 11.8 Å². The van der Waals surface area contributed by atoms with Crippen LogP contribution < -0.4 is 15.0 Å². The van der Waals surface area contributed by atoms with Crippen LogP contribution in [0.2, 0.25) is 5.02 Å². The Bertz CT molecular complexity index is 926. The van der Waals surface area contributed by atoms with Crippen molar-refractivity contribution in [2.24, 2.45) is 0 Å². The van der Waals surface area contributed by atoms with Crippen LogP contribution >= 0.6 is 11.6 Å². The Morgan fingerprint density at radius 1 is 1.24 bits per heavy atom. The average molecular weight is 415 g/mol. The van der Waals surface area contributed by atoms with Gasteiger partial charge in [-0.2, -0.15) is 0 Å². The van der Waals surface area contributed by atoms with Crippen LogP contribution in [0.1, 0.15) is 55.8 Å². The number of halogens is 1. The molecule has 1 aliphatic heterocycles. The summed E-state index contributed by atoms with van der Waals surface area (Å²) in [6.45, 7) is 8.74. The summed E-state index contributed by atoms with van der Waals surface area (Å²) in [5.74, 6) is 0.882. The highest BCUT2D eigenvalue weighted by atomic mass is 35.5. The molecule has 1 unspecified atom stereocenters. The second-order valence-corrected chi connectivity index (χ2v) is 8.16. The van der Waals surface area contributed by atoms with E-state index in [2.05, 4.69) is 37.4 Å². The molecule has 6 heteroatoms. The number of nitrogens with zero attached hydrogens (tertiary/aromatic N) is 1. The van der Waals surface area contributed by atoms with Crippen LogP contribution in [0.4, 0.5) is 5.69 Å². The van der Waals surface area contributed by atoms with Crippen LogP contribution in [0, 0.1) is 6.92 Å². The number of fused-ring (bicyclic) bond motifs is 1. The van der Waals surface area contributed by atoms with Crippen LogP contribution in [0.25, 0.3) is 0 Å². The summed E-state index contributed by atoms with van der Waals surface area (Å²) >= 11 is 6.11. The third kappa shape index (κ3) is 4.73. The average Bonchev–Trinajstić information content (AvgIpc) is 2.89. The summed E-state index contributed by atoms with van der Waals surface area (Å²) in [6, 6.07) is 10.9. The smallest absolute Gasteiger partial charge is 0.254 e. The van der Waals surface area contributed by atoms with Crippen molar-refractivity contribution >= 4 is 29.1 Å². The van der Waals surface area contributed by atoms with Gasteiger partial charge in [0, 0.05) is 29.7 Å². The number of ether oxygens (including phenoxy) is 1. The maximum atomic E-state index is 12.9. The molecule has 0 aromatic heterocycles.